The number of hydrogen-bond acceptors (Lipinski definition) is 3. The van der Waals surface area contributed by atoms with E-state index in [1.54, 1.807) is 12.4 Å². The molecule has 0 bridgehead atoms. The van der Waals surface area contributed by atoms with Crippen LogP contribution in [0.2, 0.25) is 0 Å². The van der Waals surface area contributed by atoms with Crippen molar-refractivity contribution in [1.29, 1.82) is 0 Å². The Morgan fingerprint density at radius 1 is 1.60 bits per heavy atom. The molecule has 2 rings (SSSR count). The van der Waals surface area contributed by atoms with Crippen molar-refractivity contribution in [2.75, 3.05) is 6.61 Å². The molecule has 0 aromatic carbocycles. The Morgan fingerprint density at radius 3 is 3.10 bits per heavy atom. The zero-order chi connectivity index (χ0) is 14.4. The molecule has 1 aromatic rings. The number of aliphatic hydroxyl groups excluding tert-OH is 1. The van der Waals surface area contributed by atoms with Crippen LogP contribution in [-0.4, -0.2) is 28.1 Å². The van der Waals surface area contributed by atoms with Gasteiger partial charge >= 0.3 is 0 Å². The smallest absolute Gasteiger partial charge is 0.220 e. The number of amides is 1. The second kappa shape index (κ2) is 6.84. The number of hydrogen-bond donors (Lipinski definition) is 2. The maximum Gasteiger partial charge on any atom is 0.220 e. The lowest BCUT2D eigenvalue weighted by Crippen LogP contribution is -2.53. The van der Waals surface area contributed by atoms with Gasteiger partial charge < -0.3 is 10.4 Å². The maximum atomic E-state index is 12.1. The first-order valence-corrected chi connectivity index (χ1v) is 7.44. The van der Waals surface area contributed by atoms with Crippen LogP contribution in [0.15, 0.2) is 24.5 Å². The van der Waals surface area contributed by atoms with E-state index < -0.39 is 5.54 Å². The van der Waals surface area contributed by atoms with Crippen LogP contribution in [0.4, 0.5) is 0 Å². The molecule has 0 radical (unpaired) electrons. The van der Waals surface area contributed by atoms with E-state index in [-0.39, 0.29) is 12.5 Å². The number of pyridine rings is 1. The molecule has 1 aliphatic carbocycles. The summed E-state index contributed by atoms with van der Waals surface area (Å²) in [4.78, 5) is 16.2. The molecule has 110 valence electrons. The third-order valence-electron chi connectivity index (χ3n) is 4.16. The molecule has 2 N–H and O–H groups in total. The zero-order valence-electron chi connectivity index (χ0n) is 12.1. The van der Waals surface area contributed by atoms with Crippen molar-refractivity contribution >= 4 is 5.91 Å². The number of aromatic nitrogens is 1. The summed E-state index contributed by atoms with van der Waals surface area (Å²) < 4.78 is 0. The third kappa shape index (κ3) is 4.04. The molecule has 2 unspecified atom stereocenters. The van der Waals surface area contributed by atoms with Gasteiger partial charge in [0.05, 0.1) is 12.1 Å². The molecule has 1 aliphatic rings. The molecular weight excluding hydrogens is 252 g/mol. The van der Waals surface area contributed by atoms with E-state index in [1.807, 2.05) is 12.1 Å². The number of nitrogens with one attached hydrogen (secondary N) is 1. The van der Waals surface area contributed by atoms with Crippen molar-refractivity contribution in [2.24, 2.45) is 5.92 Å². The Morgan fingerprint density at radius 2 is 2.45 bits per heavy atom. The Hall–Kier alpha value is -1.42. The van der Waals surface area contributed by atoms with Crippen molar-refractivity contribution in [2.45, 2.75) is 51.0 Å². The zero-order valence-corrected chi connectivity index (χ0v) is 12.1. The van der Waals surface area contributed by atoms with Crippen molar-refractivity contribution in [3.63, 3.8) is 0 Å². The molecule has 1 fully saturated rings. The average molecular weight is 276 g/mol. The molecule has 1 heterocycles. The lowest BCUT2D eigenvalue weighted by molar-refractivity contribution is -0.124. The standard InChI is InChI=1S/C16H24N2O2/c1-13-4-2-8-16(10-13,12-19)18-15(20)7-6-14-5-3-9-17-11-14/h3,5,9,11,13,19H,2,4,6-8,10,12H2,1H3,(H,18,20). The van der Waals surface area contributed by atoms with Crippen molar-refractivity contribution < 1.29 is 9.90 Å². The molecule has 4 heteroatoms. The second-order valence-electron chi connectivity index (χ2n) is 6.05. The lowest BCUT2D eigenvalue weighted by atomic mass is 9.76. The van der Waals surface area contributed by atoms with Crippen LogP contribution in [0.1, 0.15) is 44.6 Å². The van der Waals surface area contributed by atoms with Crippen LogP contribution in [0.5, 0.6) is 0 Å². The topological polar surface area (TPSA) is 62.2 Å². The highest BCUT2D eigenvalue weighted by Crippen LogP contribution is 2.32. The summed E-state index contributed by atoms with van der Waals surface area (Å²) >= 11 is 0. The Bertz CT molecular complexity index is 435. The number of carbonyl (C=O) groups is 1. The summed E-state index contributed by atoms with van der Waals surface area (Å²) in [7, 11) is 0. The SMILES string of the molecule is CC1CCCC(CO)(NC(=O)CCc2cccnc2)C1. The second-order valence-corrected chi connectivity index (χ2v) is 6.05. The summed E-state index contributed by atoms with van der Waals surface area (Å²) in [6, 6.07) is 3.86. The van der Waals surface area contributed by atoms with Crippen LogP contribution in [0, 0.1) is 5.92 Å². The molecule has 0 saturated heterocycles. The van der Waals surface area contributed by atoms with Gasteiger partial charge in [0.25, 0.3) is 0 Å². The highest BCUT2D eigenvalue weighted by molar-refractivity contribution is 5.77. The van der Waals surface area contributed by atoms with Crippen molar-refractivity contribution in [3.05, 3.63) is 30.1 Å². The molecule has 2 atom stereocenters. The minimum absolute atomic E-state index is 0.0250. The first kappa shape index (κ1) is 15.0. The van der Waals surface area contributed by atoms with Gasteiger partial charge in [0.2, 0.25) is 5.91 Å². The normalized spacial score (nSPS) is 26.2. The Balaban J connectivity index is 1.86. The summed E-state index contributed by atoms with van der Waals surface area (Å²) in [6.07, 6.45) is 8.68. The predicted molar refractivity (Wildman–Crippen MR) is 78.1 cm³/mol. The van der Waals surface area contributed by atoms with Crippen LogP contribution in [0.3, 0.4) is 0 Å². The van der Waals surface area contributed by atoms with E-state index in [4.69, 9.17) is 0 Å². The third-order valence-corrected chi connectivity index (χ3v) is 4.16. The fourth-order valence-electron chi connectivity index (χ4n) is 3.12. The first-order valence-electron chi connectivity index (χ1n) is 7.44. The van der Waals surface area contributed by atoms with E-state index in [0.29, 0.717) is 18.8 Å². The van der Waals surface area contributed by atoms with E-state index in [0.717, 1.165) is 24.8 Å². The van der Waals surface area contributed by atoms with E-state index >= 15 is 0 Å². The molecule has 20 heavy (non-hydrogen) atoms. The average Bonchev–Trinajstić information content (AvgIpc) is 2.46. The number of carbonyl (C=O) groups excluding carboxylic acids is 1. The van der Waals surface area contributed by atoms with Gasteiger partial charge in [-0.15, -0.1) is 0 Å². The molecule has 0 spiro atoms. The van der Waals surface area contributed by atoms with Crippen LogP contribution < -0.4 is 5.32 Å². The summed E-state index contributed by atoms with van der Waals surface area (Å²) in [5.41, 5.74) is 0.668. The first-order chi connectivity index (χ1) is 9.63. The fraction of sp³-hybridized carbons (Fsp3) is 0.625. The number of rotatable bonds is 5. The number of aliphatic hydroxyl groups is 1. The largest absolute Gasteiger partial charge is 0.394 e. The van der Waals surface area contributed by atoms with Gasteiger partial charge in [0.1, 0.15) is 0 Å². The van der Waals surface area contributed by atoms with Gasteiger partial charge in [-0.2, -0.15) is 0 Å². The van der Waals surface area contributed by atoms with Crippen molar-refractivity contribution in [3.8, 4) is 0 Å². The van der Waals surface area contributed by atoms with Gasteiger partial charge in [0, 0.05) is 18.8 Å². The number of nitrogens with zero attached hydrogens (tertiary/aromatic N) is 1. The van der Waals surface area contributed by atoms with Crippen molar-refractivity contribution in [1.82, 2.24) is 10.3 Å². The summed E-state index contributed by atoms with van der Waals surface area (Å²) in [5, 5.41) is 12.7. The van der Waals surface area contributed by atoms with Gasteiger partial charge in [-0.3, -0.25) is 9.78 Å². The minimum Gasteiger partial charge on any atom is -0.394 e. The molecule has 1 amide bonds. The van der Waals surface area contributed by atoms with Gasteiger partial charge in [-0.05, 0) is 36.8 Å². The molecule has 4 nitrogen and oxygen atoms in total. The monoisotopic (exact) mass is 276 g/mol. The highest BCUT2D eigenvalue weighted by Gasteiger charge is 2.35. The maximum absolute atomic E-state index is 12.1. The highest BCUT2D eigenvalue weighted by atomic mass is 16.3. The molecule has 0 aliphatic heterocycles. The quantitative estimate of drug-likeness (QED) is 0.865. The molecular formula is C16H24N2O2. The van der Waals surface area contributed by atoms with Gasteiger partial charge in [0.15, 0.2) is 0 Å². The van der Waals surface area contributed by atoms with E-state index in [1.165, 1.54) is 6.42 Å². The van der Waals surface area contributed by atoms with E-state index in [2.05, 4.69) is 17.2 Å². The predicted octanol–water partition coefficient (Wildman–Crippen LogP) is 2.07. The molecule has 1 saturated carbocycles. The van der Waals surface area contributed by atoms with E-state index in [9.17, 15) is 9.90 Å². The summed E-state index contributed by atoms with van der Waals surface area (Å²) in [6.45, 7) is 2.22. The lowest BCUT2D eigenvalue weighted by Gasteiger charge is -2.39. The minimum atomic E-state index is -0.399. The Labute approximate surface area is 120 Å². The van der Waals surface area contributed by atoms with Crippen LogP contribution in [-0.2, 0) is 11.2 Å². The molecule has 1 aromatic heterocycles. The van der Waals surface area contributed by atoms with Crippen LogP contribution in [0.25, 0.3) is 0 Å². The van der Waals surface area contributed by atoms with Gasteiger partial charge in [-0.25, -0.2) is 0 Å². The van der Waals surface area contributed by atoms with Crippen LogP contribution >= 0.6 is 0 Å². The fourth-order valence-corrected chi connectivity index (χ4v) is 3.12. The summed E-state index contributed by atoms with van der Waals surface area (Å²) in [5.74, 6) is 0.589. The Kier molecular flexibility index (Phi) is 5.12. The number of aryl methyl sites for hydroxylation is 1. The van der Waals surface area contributed by atoms with Gasteiger partial charge in [-0.1, -0.05) is 25.8 Å².